The number of nitrogens with zero attached hydrogens (tertiary/aromatic N) is 2. The maximum absolute atomic E-state index is 13.6. The van der Waals surface area contributed by atoms with Crippen molar-refractivity contribution in [1.29, 1.82) is 0 Å². The monoisotopic (exact) mass is 428 g/mol. The van der Waals surface area contributed by atoms with Crippen LogP contribution in [-0.2, 0) is 6.54 Å². The fourth-order valence-corrected chi connectivity index (χ4v) is 3.62. The summed E-state index contributed by atoms with van der Waals surface area (Å²) in [4.78, 5) is 26.5. The van der Waals surface area contributed by atoms with Gasteiger partial charge in [0, 0.05) is 18.7 Å². The van der Waals surface area contributed by atoms with E-state index in [9.17, 15) is 14.9 Å². The fraction of sp³-hybridized carbons (Fsp3) is 0.435. The maximum atomic E-state index is 13.6. The molecule has 0 aliphatic heterocycles. The summed E-state index contributed by atoms with van der Waals surface area (Å²) < 4.78 is 16.0. The van der Waals surface area contributed by atoms with E-state index in [1.807, 2.05) is 31.2 Å². The molecule has 8 heteroatoms. The van der Waals surface area contributed by atoms with Crippen molar-refractivity contribution in [2.45, 2.75) is 39.3 Å². The molecule has 1 amide bonds. The van der Waals surface area contributed by atoms with Gasteiger partial charge in [-0.2, -0.15) is 0 Å². The Bertz CT molecular complexity index is 940. The van der Waals surface area contributed by atoms with Crippen LogP contribution >= 0.6 is 0 Å². The van der Waals surface area contributed by atoms with Gasteiger partial charge in [-0.05, 0) is 50.3 Å². The number of hydrogen-bond donors (Lipinski definition) is 0. The molecule has 0 spiro atoms. The number of amides is 1. The average Bonchev–Trinajstić information content (AvgIpc) is 3.62. The molecule has 0 radical (unpaired) electrons. The minimum absolute atomic E-state index is 0.00439. The van der Waals surface area contributed by atoms with Crippen molar-refractivity contribution < 1.29 is 23.9 Å². The number of methoxy groups -OCH3 is 2. The van der Waals surface area contributed by atoms with Crippen LogP contribution in [-0.4, -0.2) is 42.6 Å². The summed E-state index contributed by atoms with van der Waals surface area (Å²) in [6, 6.07) is 10.1. The van der Waals surface area contributed by atoms with Gasteiger partial charge in [-0.15, -0.1) is 0 Å². The van der Waals surface area contributed by atoms with Crippen molar-refractivity contribution in [2.24, 2.45) is 5.92 Å². The Hall–Kier alpha value is -3.29. The van der Waals surface area contributed by atoms with Crippen molar-refractivity contribution in [3.05, 3.63) is 57.6 Å². The van der Waals surface area contributed by atoms with E-state index in [4.69, 9.17) is 14.2 Å². The van der Waals surface area contributed by atoms with Gasteiger partial charge >= 0.3 is 0 Å². The lowest BCUT2D eigenvalue weighted by Gasteiger charge is -2.30. The van der Waals surface area contributed by atoms with E-state index in [1.165, 1.54) is 19.2 Å². The van der Waals surface area contributed by atoms with Gasteiger partial charge < -0.3 is 19.1 Å². The highest BCUT2D eigenvalue weighted by molar-refractivity contribution is 5.99. The molecule has 31 heavy (non-hydrogen) atoms. The Morgan fingerprint density at radius 2 is 1.84 bits per heavy atom. The quantitative estimate of drug-likeness (QED) is 0.410. The van der Waals surface area contributed by atoms with Crippen LogP contribution < -0.4 is 14.2 Å². The lowest BCUT2D eigenvalue weighted by Crippen LogP contribution is -2.39. The van der Waals surface area contributed by atoms with Crippen LogP contribution in [0.3, 0.4) is 0 Å². The summed E-state index contributed by atoms with van der Waals surface area (Å²) in [5.41, 5.74) is 0.617. The number of nitro benzene ring substituents is 1. The first-order valence-electron chi connectivity index (χ1n) is 10.3. The second kappa shape index (κ2) is 9.68. The number of benzene rings is 2. The van der Waals surface area contributed by atoms with E-state index in [2.05, 4.69) is 0 Å². The van der Waals surface area contributed by atoms with Gasteiger partial charge in [0.25, 0.3) is 11.6 Å². The van der Waals surface area contributed by atoms with Crippen molar-refractivity contribution in [3.8, 4) is 17.2 Å². The molecular formula is C23H28N2O6. The number of nitro groups is 1. The van der Waals surface area contributed by atoms with Crippen molar-refractivity contribution in [3.63, 3.8) is 0 Å². The van der Waals surface area contributed by atoms with Crippen LogP contribution in [0.4, 0.5) is 5.69 Å². The Morgan fingerprint density at radius 1 is 1.16 bits per heavy atom. The molecule has 0 N–H and O–H groups in total. The summed E-state index contributed by atoms with van der Waals surface area (Å²) in [5.74, 6) is 1.25. The first kappa shape index (κ1) is 22.4. The zero-order chi connectivity index (χ0) is 22.5. The van der Waals surface area contributed by atoms with Gasteiger partial charge in [-0.3, -0.25) is 14.9 Å². The van der Waals surface area contributed by atoms with Gasteiger partial charge in [0.2, 0.25) is 0 Å². The van der Waals surface area contributed by atoms with Crippen LogP contribution in [0.15, 0.2) is 36.4 Å². The molecule has 0 aromatic heterocycles. The first-order valence-corrected chi connectivity index (χ1v) is 10.3. The molecule has 166 valence electrons. The van der Waals surface area contributed by atoms with Gasteiger partial charge in [0.1, 0.15) is 11.3 Å². The minimum Gasteiger partial charge on any atom is -0.497 e. The van der Waals surface area contributed by atoms with Gasteiger partial charge in [0.15, 0.2) is 11.5 Å². The summed E-state index contributed by atoms with van der Waals surface area (Å²) in [6.45, 7) is 4.48. The molecule has 1 aliphatic rings. The summed E-state index contributed by atoms with van der Waals surface area (Å²) in [5, 5.41) is 11.8. The smallest absolute Gasteiger partial charge is 0.286 e. The molecule has 1 atom stereocenters. The molecule has 0 saturated heterocycles. The molecule has 0 heterocycles. The van der Waals surface area contributed by atoms with Crippen LogP contribution in [0.5, 0.6) is 17.2 Å². The summed E-state index contributed by atoms with van der Waals surface area (Å²) >= 11 is 0. The van der Waals surface area contributed by atoms with E-state index < -0.39 is 10.8 Å². The van der Waals surface area contributed by atoms with E-state index >= 15 is 0 Å². The number of carbonyl (C=O) groups is 1. The molecule has 3 rings (SSSR count). The van der Waals surface area contributed by atoms with E-state index in [0.29, 0.717) is 24.8 Å². The Labute approximate surface area is 181 Å². The van der Waals surface area contributed by atoms with Crippen LogP contribution in [0.2, 0.25) is 0 Å². The number of ether oxygens (including phenoxy) is 3. The molecule has 1 fully saturated rings. The third-order valence-electron chi connectivity index (χ3n) is 5.58. The third kappa shape index (κ3) is 5.07. The van der Waals surface area contributed by atoms with E-state index in [-0.39, 0.29) is 23.0 Å². The van der Waals surface area contributed by atoms with Gasteiger partial charge in [0.05, 0.1) is 31.8 Å². The highest BCUT2D eigenvalue weighted by atomic mass is 16.6. The average molecular weight is 428 g/mol. The topological polar surface area (TPSA) is 91.1 Å². The largest absolute Gasteiger partial charge is 0.497 e. The van der Waals surface area contributed by atoms with Crippen molar-refractivity contribution in [2.75, 3.05) is 20.8 Å². The molecule has 1 saturated carbocycles. The fourth-order valence-electron chi connectivity index (χ4n) is 3.62. The van der Waals surface area contributed by atoms with Crippen molar-refractivity contribution >= 4 is 11.6 Å². The predicted molar refractivity (Wildman–Crippen MR) is 116 cm³/mol. The molecular weight excluding hydrogens is 400 g/mol. The second-order valence-corrected chi connectivity index (χ2v) is 7.57. The molecule has 8 nitrogen and oxygen atoms in total. The van der Waals surface area contributed by atoms with Crippen LogP contribution in [0.25, 0.3) is 0 Å². The zero-order valence-corrected chi connectivity index (χ0v) is 18.3. The Kier molecular flexibility index (Phi) is 6.99. The standard InChI is InChI=1S/C23H28N2O6/c1-5-31-22-12-19(20(25(27)28)13-21(22)30-4)23(26)24(15(2)17-8-9-17)14-16-6-10-18(29-3)11-7-16/h6-7,10-13,15,17H,5,8-9,14H2,1-4H3. The number of hydrogen-bond acceptors (Lipinski definition) is 6. The molecule has 1 unspecified atom stereocenters. The molecule has 1 aliphatic carbocycles. The number of rotatable bonds is 10. The predicted octanol–water partition coefficient (Wildman–Crippen LogP) is 4.45. The SMILES string of the molecule is CCOc1cc(C(=O)N(Cc2ccc(OC)cc2)C(C)C2CC2)c([N+](=O)[O-])cc1OC. The van der Waals surface area contributed by atoms with Gasteiger partial charge in [-0.25, -0.2) is 0 Å². The summed E-state index contributed by atoms with van der Waals surface area (Å²) in [7, 11) is 3.01. The maximum Gasteiger partial charge on any atom is 0.286 e. The van der Waals surface area contributed by atoms with E-state index in [0.717, 1.165) is 24.2 Å². The lowest BCUT2D eigenvalue weighted by molar-refractivity contribution is -0.385. The molecule has 2 aromatic carbocycles. The Morgan fingerprint density at radius 3 is 2.35 bits per heavy atom. The second-order valence-electron chi connectivity index (χ2n) is 7.57. The highest BCUT2D eigenvalue weighted by Crippen LogP contribution is 2.39. The zero-order valence-electron chi connectivity index (χ0n) is 18.3. The Balaban J connectivity index is 2.01. The van der Waals surface area contributed by atoms with Crippen molar-refractivity contribution in [1.82, 2.24) is 4.90 Å². The summed E-state index contributed by atoms with van der Waals surface area (Å²) in [6.07, 6.45) is 2.09. The highest BCUT2D eigenvalue weighted by Gasteiger charge is 2.37. The van der Waals surface area contributed by atoms with Crippen LogP contribution in [0, 0.1) is 16.0 Å². The molecule has 0 bridgehead atoms. The van der Waals surface area contributed by atoms with Crippen LogP contribution in [0.1, 0.15) is 42.6 Å². The lowest BCUT2D eigenvalue weighted by atomic mass is 10.1. The third-order valence-corrected chi connectivity index (χ3v) is 5.58. The number of carbonyl (C=O) groups excluding carboxylic acids is 1. The molecule has 2 aromatic rings. The van der Waals surface area contributed by atoms with Gasteiger partial charge in [-0.1, -0.05) is 12.1 Å². The van der Waals surface area contributed by atoms with E-state index in [1.54, 1.807) is 18.9 Å². The first-order chi connectivity index (χ1) is 14.9. The normalized spacial score (nSPS) is 13.9. The minimum atomic E-state index is -0.557.